The van der Waals surface area contributed by atoms with Crippen LogP contribution in [0, 0.1) is 5.92 Å². The van der Waals surface area contributed by atoms with E-state index in [9.17, 15) is 14.7 Å². The van der Waals surface area contributed by atoms with Gasteiger partial charge in [-0.3, -0.25) is 9.78 Å². The summed E-state index contributed by atoms with van der Waals surface area (Å²) in [5.74, 6) is -1.16. The molecule has 0 aromatic carbocycles. The predicted molar refractivity (Wildman–Crippen MR) is 85.1 cm³/mol. The summed E-state index contributed by atoms with van der Waals surface area (Å²) in [7, 11) is 0. The van der Waals surface area contributed by atoms with Gasteiger partial charge in [0.2, 0.25) is 0 Å². The fourth-order valence-corrected chi connectivity index (χ4v) is 3.06. The molecule has 1 aromatic heterocycles. The van der Waals surface area contributed by atoms with Crippen molar-refractivity contribution < 1.29 is 19.4 Å². The molecule has 1 saturated heterocycles. The quantitative estimate of drug-likeness (QED) is 0.906. The van der Waals surface area contributed by atoms with Crippen LogP contribution in [-0.4, -0.2) is 45.7 Å². The van der Waals surface area contributed by atoms with Crippen molar-refractivity contribution >= 4 is 12.1 Å². The molecule has 2 heterocycles. The van der Waals surface area contributed by atoms with Gasteiger partial charge in [0.15, 0.2) is 0 Å². The van der Waals surface area contributed by atoms with Gasteiger partial charge >= 0.3 is 12.1 Å². The van der Waals surface area contributed by atoms with E-state index < -0.39 is 23.1 Å². The highest BCUT2D eigenvalue weighted by Crippen LogP contribution is 2.39. The van der Waals surface area contributed by atoms with Crippen molar-refractivity contribution in [3.8, 4) is 0 Å². The summed E-state index contributed by atoms with van der Waals surface area (Å²) in [5.41, 5.74) is -1.09. The van der Waals surface area contributed by atoms with E-state index in [0.717, 1.165) is 0 Å². The number of carbonyl (C=O) groups is 2. The normalized spacial score (nSPS) is 25.0. The second-order valence-corrected chi connectivity index (χ2v) is 7.07. The number of piperidine rings is 1. The minimum absolute atomic E-state index is 0.267. The molecular formula is C17H24N2O4. The van der Waals surface area contributed by atoms with Gasteiger partial charge in [0, 0.05) is 19.3 Å². The number of aliphatic carboxylic acids is 1. The summed E-state index contributed by atoms with van der Waals surface area (Å²) in [5, 5.41) is 9.85. The lowest BCUT2D eigenvalue weighted by Gasteiger charge is -2.43. The molecule has 0 saturated carbocycles. The van der Waals surface area contributed by atoms with Gasteiger partial charge < -0.3 is 14.7 Å². The topological polar surface area (TPSA) is 79.7 Å². The monoisotopic (exact) mass is 320 g/mol. The van der Waals surface area contributed by atoms with E-state index in [1.54, 1.807) is 29.3 Å². The summed E-state index contributed by atoms with van der Waals surface area (Å²) < 4.78 is 5.38. The van der Waals surface area contributed by atoms with Crippen molar-refractivity contribution in [2.75, 3.05) is 13.1 Å². The number of amides is 1. The third-order valence-corrected chi connectivity index (χ3v) is 4.27. The third kappa shape index (κ3) is 3.46. The maximum absolute atomic E-state index is 12.2. The van der Waals surface area contributed by atoms with Gasteiger partial charge in [-0.15, -0.1) is 0 Å². The molecule has 1 fully saturated rings. The van der Waals surface area contributed by atoms with Crippen LogP contribution in [0.2, 0.25) is 0 Å². The first-order valence-corrected chi connectivity index (χ1v) is 7.79. The van der Waals surface area contributed by atoms with E-state index in [-0.39, 0.29) is 5.92 Å². The molecule has 0 bridgehead atoms. The van der Waals surface area contributed by atoms with Gasteiger partial charge in [-0.1, -0.05) is 13.0 Å². The van der Waals surface area contributed by atoms with Crippen molar-refractivity contribution in [1.82, 2.24) is 9.88 Å². The number of nitrogens with zero attached hydrogens (tertiary/aromatic N) is 2. The Kier molecular flexibility index (Phi) is 4.63. The van der Waals surface area contributed by atoms with E-state index >= 15 is 0 Å². The summed E-state index contributed by atoms with van der Waals surface area (Å²) in [6.07, 6.45) is 1.52. The Morgan fingerprint density at radius 1 is 1.39 bits per heavy atom. The van der Waals surface area contributed by atoms with Crippen LogP contribution in [0.3, 0.4) is 0 Å². The van der Waals surface area contributed by atoms with Gasteiger partial charge in [0.1, 0.15) is 11.0 Å². The minimum Gasteiger partial charge on any atom is -0.481 e. The Hall–Kier alpha value is -2.11. The Bertz CT molecular complexity index is 582. The van der Waals surface area contributed by atoms with Crippen molar-refractivity contribution in [2.45, 2.75) is 45.1 Å². The average Bonchev–Trinajstić information content (AvgIpc) is 2.46. The lowest BCUT2D eigenvalue weighted by atomic mass is 9.68. The summed E-state index contributed by atoms with van der Waals surface area (Å²) in [6.45, 7) is 7.95. The number of carbonyl (C=O) groups excluding carboxylic acids is 1. The number of likely N-dealkylation sites (tertiary alicyclic amines) is 1. The van der Waals surface area contributed by atoms with Gasteiger partial charge in [0.25, 0.3) is 0 Å². The molecule has 0 spiro atoms. The number of rotatable bonds is 2. The maximum atomic E-state index is 12.2. The highest BCUT2D eigenvalue weighted by molar-refractivity contribution is 5.82. The van der Waals surface area contributed by atoms with Crippen molar-refractivity contribution in [2.24, 2.45) is 5.92 Å². The van der Waals surface area contributed by atoms with E-state index in [2.05, 4.69) is 4.98 Å². The Morgan fingerprint density at radius 3 is 2.57 bits per heavy atom. The summed E-state index contributed by atoms with van der Waals surface area (Å²) >= 11 is 0. The molecule has 1 aliphatic heterocycles. The SMILES string of the molecule is C[C@@H]1CN(C(=O)OC(C)(C)C)CC[C@@]1(C(=O)O)c1ccccn1. The van der Waals surface area contributed by atoms with E-state index in [0.29, 0.717) is 25.2 Å². The zero-order chi connectivity index (χ0) is 17.3. The molecule has 1 amide bonds. The predicted octanol–water partition coefficient (Wildman–Crippen LogP) is 2.68. The number of carboxylic acid groups (broad SMARTS) is 1. The Morgan fingerprint density at radius 2 is 2.09 bits per heavy atom. The van der Waals surface area contributed by atoms with Crippen molar-refractivity contribution in [3.05, 3.63) is 30.1 Å². The molecule has 6 nitrogen and oxygen atoms in total. The lowest BCUT2D eigenvalue weighted by Crippen LogP contribution is -2.55. The van der Waals surface area contributed by atoms with E-state index in [1.807, 2.05) is 27.7 Å². The van der Waals surface area contributed by atoms with Crippen LogP contribution in [0.25, 0.3) is 0 Å². The highest BCUT2D eigenvalue weighted by atomic mass is 16.6. The third-order valence-electron chi connectivity index (χ3n) is 4.27. The second-order valence-electron chi connectivity index (χ2n) is 7.07. The van der Waals surface area contributed by atoms with Crippen LogP contribution < -0.4 is 0 Å². The van der Waals surface area contributed by atoms with Gasteiger partial charge in [-0.2, -0.15) is 0 Å². The van der Waals surface area contributed by atoms with E-state index in [1.165, 1.54) is 0 Å². The summed E-state index contributed by atoms with van der Waals surface area (Å²) in [6, 6.07) is 5.30. The Balaban J connectivity index is 2.22. The number of aromatic nitrogens is 1. The zero-order valence-corrected chi connectivity index (χ0v) is 14.1. The molecule has 2 rings (SSSR count). The fraction of sp³-hybridized carbons (Fsp3) is 0.588. The molecule has 2 atom stereocenters. The van der Waals surface area contributed by atoms with Gasteiger partial charge in [-0.05, 0) is 45.2 Å². The molecule has 6 heteroatoms. The first kappa shape index (κ1) is 17.2. The smallest absolute Gasteiger partial charge is 0.410 e. The first-order chi connectivity index (χ1) is 10.7. The maximum Gasteiger partial charge on any atom is 0.410 e. The van der Waals surface area contributed by atoms with E-state index in [4.69, 9.17) is 4.74 Å². The number of pyridine rings is 1. The molecule has 0 aliphatic carbocycles. The number of carboxylic acids is 1. The largest absolute Gasteiger partial charge is 0.481 e. The first-order valence-electron chi connectivity index (χ1n) is 7.79. The second kappa shape index (κ2) is 6.18. The van der Waals surface area contributed by atoms with Crippen LogP contribution in [0.5, 0.6) is 0 Å². The molecule has 0 radical (unpaired) electrons. The number of hydrogen-bond acceptors (Lipinski definition) is 4. The molecule has 23 heavy (non-hydrogen) atoms. The van der Waals surface area contributed by atoms with Gasteiger partial charge in [0.05, 0.1) is 5.69 Å². The summed E-state index contributed by atoms with van der Waals surface area (Å²) in [4.78, 5) is 30.1. The lowest BCUT2D eigenvalue weighted by molar-refractivity contribution is -0.148. The van der Waals surface area contributed by atoms with Crippen LogP contribution in [0.1, 0.15) is 39.8 Å². The van der Waals surface area contributed by atoms with Crippen LogP contribution >= 0.6 is 0 Å². The zero-order valence-electron chi connectivity index (χ0n) is 14.1. The van der Waals surface area contributed by atoms with Crippen LogP contribution in [0.15, 0.2) is 24.4 Å². The number of hydrogen-bond donors (Lipinski definition) is 1. The fourth-order valence-electron chi connectivity index (χ4n) is 3.06. The Labute approximate surface area is 136 Å². The average molecular weight is 320 g/mol. The van der Waals surface area contributed by atoms with Crippen molar-refractivity contribution in [1.29, 1.82) is 0 Å². The van der Waals surface area contributed by atoms with Crippen molar-refractivity contribution in [3.63, 3.8) is 0 Å². The molecule has 1 aliphatic rings. The minimum atomic E-state index is -1.07. The standard InChI is InChI=1S/C17H24N2O4/c1-12-11-19(15(22)23-16(2,3)4)10-8-17(12,14(20)21)13-7-5-6-9-18-13/h5-7,9,12H,8,10-11H2,1-4H3,(H,20,21)/t12-,17+/m1/s1. The molecule has 126 valence electrons. The van der Waals surface area contributed by atoms with Crippen LogP contribution in [-0.2, 0) is 14.9 Å². The molecule has 1 N–H and O–H groups in total. The van der Waals surface area contributed by atoms with Gasteiger partial charge in [-0.25, -0.2) is 4.79 Å². The highest BCUT2D eigenvalue weighted by Gasteiger charge is 2.50. The molecule has 0 unspecified atom stereocenters. The molecule has 1 aromatic rings. The number of ether oxygens (including phenoxy) is 1. The van der Waals surface area contributed by atoms with Crippen LogP contribution in [0.4, 0.5) is 4.79 Å². The molecular weight excluding hydrogens is 296 g/mol.